The molecule has 0 saturated heterocycles. The third-order valence-corrected chi connectivity index (χ3v) is 7.50. The SMILES string of the molecule is CCCCCCCCCCCc1ccc(-c2ccc(C(=O)OC(=O)OC(CCC)C(F)(F)F)cc2-c2ccccc2)cc1. The summed E-state index contributed by atoms with van der Waals surface area (Å²) in [5, 5.41) is 0. The highest BCUT2D eigenvalue weighted by Crippen LogP contribution is 2.34. The van der Waals surface area contributed by atoms with E-state index >= 15 is 0 Å². The Hall–Kier alpha value is -3.61. The van der Waals surface area contributed by atoms with E-state index in [0.29, 0.717) is 0 Å². The van der Waals surface area contributed by atoms with Crippen LogP contribution in [0.5, 0.6) is 0 Å². The summed E-state index contributed by atoms with van der Waals surface area (Å²) in [4.78, 5) is 24.8. The third kappa shape index (κ3) is 11.2. The van der Waals surface area contributed by atoms with E-state index in [1.54, 1.807) is 12.1 Å². The number of ether oxygens (including phenoxy) is 2. The highest BCUT2D eigenvalue weighted by molar-refractivity contribution is 5.98. The lowest BCUT2D eigenvalue weighted by atomic mass is 9.92. The van der Waals surface area contributed by atoms with E-state index in [0.717, 1.165) is 35.1 Å². The Bertz CT molecular complexity index is 1270. The van der Waals surface area contributed by atoms with Crippen molar-refractivity contribution < 1.29 is 32.2 Å². The fourth-order valence-electron chi connectivity index (χ4n) is 5.10. The monoisotopic (exact) mass is 596 g/mol. The molecule has 0 radical (unpaired) electrons. The van der Waals surface area contributed by atoms with Crippen LogP contribution in [0.25, 0.3) is 22.3 Å². The topological polar surface area (TPSA) is 52.6 Å². The first-order chi connectivity index (χ1) is 20.7. The zero-order valence-corrected chi connectivity index (χ0v) is 25.3. The first kappa shape index (κ1) is 33.9. The van der Waals surface area contributed by atoms with E-state index in [1.807, 2.05) is 30.3 Å². The van der Waals surface area contributed by atoms with Gasteiger partial charge in [0, 0.05) is 0 Å². The van der Waals surface area contributed by atoms with Gasteiger partial charge in [0.25, 0.3) is 0 Å². The van der Waals surface area contributed by atoms with Crippen molar-refractivity contribution in [3.63, 3.8) is 0 Å². The minimum Gasteiger partial charge on any atom is -0.421 e. The summed E-state index contributed by atoms with van der Waals surface area (Å²) in [6, 6.07) is 22.7. The molecule has 0 aliphatic rings. The van der Waals surface area contributed by atoms with E-state index in [2.05, 4.69) is 40.7 Å². The number of carbonyl (C=O) groups excluding carboxylic acids is 2. The molecule has 1 atom stereocenters. The fraction of sp³-hybridized carbons (Fsp3) is 0.444. The van der Waals surface area contributed by atoms with E-state index in [-0.39, 0.29) is 12.0 Å². The molecule has 3 aromatic rings. The molecule has 0 fully saturated rings. The van der Waals surface area contributed by atoms with Crippen LogP contribution in [0.15, 0.2) is 72.8 Å². The number of unbranched alkanes of at least 4 members (excludes halogenated alkanes) is 8. The van der Waals surface area contributed by atoms with Crippen molar-refractivity contribution in [2.24, 2.45) is 0 Å². The highest BCUT2D eigenvalue weighted by Gasteiger charge is 2.42. The number of halogens is 3. The number of esters is 1. The summed E-state index contributed by atoms with van der Waals surface area (Å²) in [5.41, 5.74) is 4.71. The Kier molecular flexibility index (Phi) is 13.8. The van der Waals surface area contributed by atoms with Crippen LogP contribution >= 0.6 is 0 Å². The second kappa shape index (κ2) is 17.5. The minimum atomic E-state index is -4.75. The quantitative estimate of drug-likeness (QED) is 0.0938. The predicted octanol–water partition coefficient (Wildman–Crippen LogP) is 11.1. The standard InChI is InChI=1S/C36H43F3O4/c1-3-5-6-7-8-9-10-11-13-17-27-20-22-29(23-21-27)31-25-24-30(26-32(31)28-18-14-12-15-19-28)34(40)43-35(41)42-33(16-4-2)36(37,38)39/h12,14-15,18-26,33H,3-11,13,16-17H2,1-2H3. The van der Waals surface area contributed by atoms with E-state index in [9.17, 15) is 22.8 Å². The number of rotatable bonds is 16. The van der Waals surface area contributed by atoms with E-state index in [4.69, 9.17) is 0 Å². The minimum absolute atomic E-state index is 0.0283. The van der Waals surface area contributed by atoms with Crippen molar-refractivity contribution in [3.8, 4) is 22.3 Å². The third-order valence-electron chi connectivity index (χ3n) is 7.50. The van der Waals surface area contributed by atoms with Crippen LogP contribution in [-0.2, 0) is 15.9 Å². The molecule has 3 aromatic carbocycles. The Balaban J connectivity index is 1.67. The maximum Gasteiger partial charge on any atom is 0.517 e. The molecule has 0 spiro atoms. The molecule has 0 amide bonds. The first-order valence-electron chi connectivity index (χ1n) is 15.5. The normalized spacial score (nSPS) is 12.1. The van der Waals surface area contributed by atoms with Gasteiger partial charge in [0.1, 0.15) is 0 Å². The molecule has 0 aromatic heterocycles. The molecule has 0 saturated carbocycles. The van der Waals surface area contributed by atoms with Crippen molar-refractivity contribution in [2.45, 2.75) is 103 Å². The lowest BCUT2D eigenvalue weighted by Crippen LogP contribution is -2.34. The molecular formula is C36H43F3O4. The number of carbonyl (C=O) groups is 2. The smallest absolute Gasteiger partial charge is 0.421 e. The Morgan fingerprint density at radius 1 is 0.698 bits per heavy atom. The number of hydrogen-bond donors (Lipinski definition) is 0. The maximum absolute atomic E-state index is 13.1. The fourth-order valence-corrected chi connectivity index (χ4v) is 5.10. The number of benzene rings is 3. The summed E-state index contributed by atoms with van der Waals surface area (Å²) in [7, 11) is 0. The molecule has 0 heterocycles. The second-order valence-corrected chi connectivity index (χ2v) is 11.0. The molecule has 0 N–H and O–H groups in total. The van der Waals surface area contributed by atoms with Gasteiger partial charge in [-0.15, -0.1) is 0 Å². The molecule has 3 rings (SSSR count). The molecular weight excluding hydrogens is 553 g/mol. The van der Waals surface area contributed by atoms with Gasteiger partial charge in [-0.2, -0.15) is 13.2 Å². The summed E-state index contributed by atoms with van der Waals surface area (Å²) in [5.74, 6) is -1.08. The van der Waals surface area contributed by atoms with Gasteiger partial charge in [-0.25, -0.2) is 9.59 Å². The maximum atomic E-state index is 13.1. The van der Waals surface area contributed by atoms with Gasteiger partial charge in [-0.3, -0.25) is 0 Å². The van der Waals surface area contributed by atoms with E-state index < -0.39 is 30.8 Å². The molecule has 4 nitrogen and oxygen atoms in total. The molecule has 1 unspecified atom stereocenters. The number of alkyl halides is 3. The van der Waals surface area contributed by atoms with E-state index in [1.165, 1.54) is 69.9 Å². The van der Waals surface area contributed by atoms with Gasteiger partial charge in [-0.05, 0) is 59.2 Å². The average molecular weight is 597 g/mol. The van der Waals surface area contributed by atoms with Crippen LogP contribution in [0.4, 0.5) is 18.0 Å². The Morgan fingerprint density at radius 2 is 1.30 bits per heavy atom. The summed E-state index contributed by atoms with van der Waals surface area (Å²) >= 11 is 0. The van der Waals surface area contributed by atoms with Gasteiger partial charge >= 0.3 is 18.3 Å². The molecule has 232 valence electrons. The van der Waals surface area contributed by atoms with Crippen molar-refractivity contribution in [2.75, 3.05) is 0 Å². The largest absolute Gasteiger partial charge is 0.517 e. The first-order valence-corrected chi connectivity index (χ1v) is 15.5. The van der Waals surface area contributed by atoms with Crippen molar-refractivity contribution >= 4 is 12.1 Å². The molecule has 7 heteroatoms. The van der Waals surface area contributed by atoms with Crippen LogP contribution < -0.4 is 0 Å². The zero-order valence-electron chi connectivity index (χ0n) is 25.3. The Labute approximate surface area is 253 Å². The lowest BCUT2D eigenvalue weighted by Gasteiger charge is -2.19. The summed E-state index contributed by atoms with van der Waals surface area (Å²) in [6.07, 6.45) is 3.61. The van der Waals surface area contributed by atoms with Gasteiger partial charge in [0.2, 0.25) is 6.10 Å². The molecule has 0 aliphatic heterocycles. The predicted molar refractivity (Wildman–Crippen MR) is 165 cm³/mol. The van der Waals surface area contributed by atoms with Crippen LogP contribution in [0.1, 0.15) is 100 Å². The van der Waals surface area contributed by atoms with Crippen molar-refractivity contribution in [1.29, 1.82) is 0 Å². The van der Waals surface area contributed by atoms with Gasteiger partial charge in [0.05, 0.1) is 5.56 Å². The van der Waals surface area contributed by atoms with Gasteiger partial charge < -0.3 is 9.47 Å². The van der Waals surface area contributed by atoms with Crippen LogP contribution in [-0.4, -0.2) is 24.4 Å². The lowest BCUT2D eigenvalue weighted by molar-refractivity contribution is -0.209. The Morgan fingerprint density at radius 3 is 1.91 bits per heavy atom. The van der Waals surface area contributed by atoms with Crippen molar-refractivity contribution in [3.05, 3.63) is 83.9 Å². The summed E-state index contributed by atoms with van der Waals surface area (Å²) < 4.78 is 48.5. The van der Waals surface area contributed by atoms with Crippen LogP contribution in [0.2, 0.25) is 0 Å². The summed E-state index contributed by atoms with van der Waals surface area (Å²) in [6.45, 7) is 3.78. The van der Waals surface area contributed by atoms with Gasteiger partial charge in [-0.1, -0.05) is 132 Å². The molecule has 0 aliphatic carbocycles. The van der Waals surface area contributed by atoms with Crippen LogP contribution in [0, 0.1) is 0 Å². The molecule has 0 bridgehead atoms. The van der Waals surface area contributed by atoms with Crippen LogP contribution in [0.3, 0.4) is 0 Å². The van der Waals surface area contributed by atoms with Crippen molar-refractivity contribution in [1.82, 2.24) is 0 Å². The number of hydrogen-bond acceptors (Lipinski definition) is 4. The average Bonchev–Trinajstić information content (AvgIpc) is 3.00. The second-order valence-electron chi connectivity index (χ2n) is 11.0. The zero-order chi connectivity index (χ0) is 31.1. The molecule has 43 heavy (non-hydrogen) atoms. The highest BCUT2D eigenvalue weighted by atomic mass is 19.4. The van der Waals surface area contributed by atoms with Gasteiger partial charge in [0.15, 0.2) is 0 Å². The number of aryl methyl sites for hydroxylation is 1.